The molecule has 0 spiro atoms. The molecule has 1 N–H and O–H groups in total. The quantitative estimate of drug-likeness (QED) is 0.650. The van der Waals surface area contributed by atoms with Gasteiger partial charge < -0.3 is 19.3 Å². The van der Waals surface area contributed by atoms with Gasteiger partial charge in [0, 0.05) is 20.6 Å². The summed E-state index contributed by atoms with van der Waals surface area (Å²) in [4.78, 5) is 0. The number of methoxy groups -OCH3 is 2. The van der Waals surface area contributed by atoms with E-state index in [-0.39, 0.29) is 18.5 Å². The molecule has 0 aromatic heterocycles. The van der Waals surface area contributed by atoms with E-state index in [1.165, 1.54) is 0 Å². The van der Waals surface area contributed by atoms with Crippen LogP contribution in [-0.4, -0.2) is 43.9 Å². The van der Waals surface area contributed by atoms with Crippen LogP contribution < -0.4 is 0 Å². The fraction of sp³-hybridized carbons (Fsp3) is 1.00. The summed E-state index contributed by atoms with van der Waals surface area (Å²) in [5, 5.41) is 9.56. The summed E-state index contributed by atoms with van der Waals surface area (Å²) in [6, 6.07) is 0. The van der Waals surface area contributed by atoms with Crippen molar-refractivity contribution in [2.75, 3.05) is 14.2 Å². The van der Waals surface area contributed by atoms with Crippen LogP contribution in [0.15, 0.2) is 0 Å². The van der Waals surface area contributed by atoms with E-state index in [0.29, 0.717) is 6.42 Å². The largest absolute Gasteiger partial charge is 0.390 e. The van der Waals surface area contributed by atoms with Crippen molar-refractivity contribution in [3.05, 3.63) is 0 Å². The lowest BCUT2D eigenvalue weighted by Crippen LogP contribution is -2.48. The third-order valence-electron chi connectivity index (χ3n) is 2.18. The Labute approximate surface area is 72.4 Å². The summed E-state index contributed by atoms with van der Waals surface area (Å²) in [6.45, 7) is 1.86. The molecular weight excluding hydrogens is 160 g/mol. The highest BCUT2D eigenvalue weighted by atomic mass is 16.7. The molecule has 0 saturated carbocycles. The number of aliphatic hydroxyl groups is 1. The minimum atomic E-state index is -0.497. The van der Waals surface area contributed by atoms with Crippen LogP contribution in [0.3, 0.4) is 0 Å². The number of aliphatic hydroxyl groups excluding tert-OH is 1. The molecule has 0 unspecified atom stereocenters. The summed E-state index contributed by atoms with van der Waals surface area (Å²) in [7, 11) is 3.14. The Morgan fingerprint density at radius 3 is 2.42 bits per heavy atom. The molecule has 12 heavy (non-hydrogen) atoms. The van der Waals surface area contributed by atoms with Gasteiger partial charge in [-0.3, -0.25) is 0 Å². The maximum absolute atomic E-state index is 9.56. The second kappa shape index (κ2) is 4.18. The molecule has 1 aliphatic heterocycles. The first-order valence-electron chi connectivity index (χ1n) is 4.08. The predicted molar refractivity (Wildman–Crippen MR) is 42.8 cm³/mol. The van der Waals surface area contributed by atoms with Crippen molar-refractivity contribution in [2.45, 2.75) is 37.9 Å². The van der Waals surface area contributed by atoms with Gasteiger partial charge in [-0.2, -0.15) is 0 Å². The lowest BCUT2D eigenvalue weighted by molar-refractivity contribution is -0.242. The molecule has 0 aromatic rings. The molecule has 0 bridgehead atoms. The number of rotatable bonds is 2. The van der Waals surface area contributed by atoms with Gasteiger partial charge in [-0.15, -0.1) is 0 Å². The highest BCUT2D eigenvalue weighted by Crippen LogP contribution is 2.22. The fourth-order valence-electron chi connectivity index (χ4n) is 1.52. The summed E-state index contributed by atoms with van der Waals surface area (Å²) in [6.07, 6.45) is -0.690. The molecule has 1 heterocycles. The van der Waals surface area contributed by atoms with E-state index >= 15 is 0 Å². The number of hydrogen-bond donors (Lipinski definition) is 1. The first-order chi connectivity index (χ1) is 5.69. The van der Waals surface area contributed by atoms with Gasteiger partial charge in [0.15, 0.2) is 6.29 Å². The normalized spacial score (nSPS) is 43.0. The van der Waals surface area contributed by atoms with Crippen molar-refractivity contribution >= 4 is 0 Å². The molecule has 0 aliphatic carbocycles. The van der Waals surface area contributed by atoms with Crippen LogP contribution in [0.25, 0.3) is 0 Å². The molecule has 72 valence electrons. The van der Waals surface area contributed by atoms with Crippen LogP contribution in [0, 0.1) is 0 Å². The van der Waals surface area contributed by atoms with Crippen molar-refractivity contribution < 1.29 is 19.3 Å². The molecule has 0 aromatic carbocycles. The summed E-state index contributed by atoms with van der Waals surface area (Å²) < 4.78 is 15.5. The second-order valence-electron chi connectivity index (χ2n) is 3.01. The third kappa shape index (κ3) is 1.95. The zero-order valence-corrected chi connectivity index (χ0v) is 7.69. The Kier molecular flexibility index (Phi) is 3.46. The van der Waals surface area contributed by atoms with Gasteiger partial charge in [-0.1, -0.05) is 0 Å². The predicted octanol–water partition coefficient (Wildman–Crippen LogP) is 0.144. The lowest BCUT2D eigenvalue weighted by atomic mass is 10.0. The smallest absolute Gasteiger partial charge is 0.160 e. The van der Waals surface area contributed by atoms with Crippen LogP contribution in [0.2, 0.25) is 0 Å². The van der Waals surface area contributed by atoms with Gasteiger partial charge in [0.05, 0.1) is 12.2 Å². The van der Waals surface area contributed by atoms with E-state index in [1.807, 2.05) is 6.92 Å². The molecule has 0 amide bonds. The second-order valence-corrected chi connectivity index (χ2v) is 3.01. The number of hydrogen-bond acceptors (Lipinski definition) is 4. The average Bonchev–Trinajstić information content (AvgIpc) is 2.03. The zero-order chi connectivity index (χ0) is 9.14. The van der Waals surface area contributed by atoms with E-state index in [4.69, 9.17) is 14.2 Å². The Balaban J connectivity index is 2.51. The molecule has 0 radical (unpaired) electrons. The van der Waals surface area contributed by atoms with Gasteiger partial charge in [0.1, 0.15) is 6.10 Å². The first kappa shape index (κ1) is 9.92. The van der Waals surface area contributed by atoms with Crippen LogP contribution in [0.4, 0.5) is 0 Å². The van der Waals surface area contributed by atoms with E-state index < -0.39 is 6.10 Å². The topological polar surface area (TPSA) is 47.9 Å². The summed E-state index contributed by atoms with van der Waals surface area (Å²) >= 11 is 0. The average molecular weight is 176 g/mol. The number of ether oxygens (including phenoxy) is 3. The molecule has 1 saturated heterocycles. The molecule has 4 heteroatoms. The Bertz CT molecular complexity index is 127. The molecule has 1 fully saturated rings. The Hall–Kier alpha value is -0.160. The maximum Gasteiger partial charge on any atom is 0.160 e. The Morgan fingerprint density at radius 2 is 2.00 bits per heavy atom. The first-order valence-corrected chi connectivity index (χ1v) is 4.08. The standard InChI is InChI=1S/C8H16O4/c1-5-8(11-3)6(9)4-7(10-2)12-5/h5-9H,4H2,1-3H3/t5-,6+,7+,8-/m1/s1. The van der Waals surface area contributed by atoms with Gasteiger partial charge in [0.2, 0.25) is 0 Å². The fourth-order valence-corrected chi connectivity index (χ4v) is 1.52. The maximum atomic E-state index is 9.56. The molecule has 1 rings (SSSR count). The third-order valence-corrected chi connectivity index (χ3v) is 2.18. The SMILES string of the molecule is CO[C@@H]1C[C@H](O)[C@H](OC)[C@@H](C)O1. The molecular formula is C8H16O4. The van der Waals surface area contributed by atoms with Crippen molar-refractivity contribution in [1.82, 2.24) is 0 Å². The van der Waals surface area contributed by atoms with Gasteiger partial charge in [0.25, 0.3) is 0 Å². The summed E-state index contributed by atoms with van der Waals surface area (Å²) in [5.74, 6) is 0. The van der Waals surface area contributed by atoms with Crippen LogP contribution in [0.5, 0.6) is 0 Å². The minimum absolute atomic E-state index is 0.122. The van der Waals surface area contributed by atoms with E-state index in [0.717, 1.165) is 0 Å². The van der Waals surface area contributed by atoms with Crippen LogP contribution in [0.1, 0.15) is 13.3 Å². The minimum Gasteiger partial charge on any atom is -0.390 e. The highest BCUT2D eigenvalue weighted by molar-refractivity contribution is 4.81. The Morgan fingerprint density at radius 1 is 1.33 bits per heavy atom. The van der Waals surface area contributed by atoms with Crippen molar-refractivity contribution in [3.63, 3.8) is 0 Å². The van der Waals surface area contributed by atoms with Crippen molar-refractivity contribution in [2.24, 2.45) is 0 Å². The van der Waals surface area contributed by atoms with Crippen LogP contribution >= 0.6 is 0 Å². The monoisotopic (exact) mass is 176 g/mol. The lowest BCUT2D eigenvalue weighted by Gasteiger charge is -2.36. The summed E-state index contributed by atoms with van der Waals surface area (Å²) in [5.41, 5.74) is 0. The van der Waals surface area contributed by atoms with Crippen LogP contribution in [-0.2, 0) is 14.2 Å². The molecule has 4 atom stereocenters. The highest BCUT2D eigenvalue weighted by Gasteiger charge is 2.35. The van der Waals surface area contributed by atoms with Gasteiger partial charge in [-0.05, 0) is 6.92 Å². The zero-order valence-electron chi connectivity index (χ0n) is 7.69. The van der Waals surface area contributed by atoms with E-state index in [2.05, 4.69) is 0 Å². The molecule has 4 nitrogen and oxygen atoms in total. The van der Waals surface area contributed by atoms with E-state index in [9.17, 15) is 5.11 Å². The van der Waals surface area contributed by atoms with Crippen molar-refractivity contribution in [1.29, 1.82) is 0 Å². The van der Waals surface area contributed by atoms with E-state index in [1.54, 1.807) is 14.2 Å². The molecule has 1 aliphatic rings. The van der Waals surface area contributed by atoms with Gasteiger partial charge >= 0.3 is 0 Å². The van der Waals surface area contributed by atoms with Gasteiger partial charge in [-0.25, -0.2) is 0 Å². The van der Waals surface area contributed by atoms with Crippen molar-refractivity contribution in [3.8, 4) is 0 Å².